The second-order valence-electron chi connectivity index (χ2n) is 6.63. The van der Waals surface area contributed by atoms with Gasteiger partial charge in [-0.05, 0) is 56.9 Å². The average Bonchev–Trinajstić information content (AvgIpc) is 2.49. The molecule has 0 aliphatic heterocycles. The molecule has 0 saturated heterocycles. The van der Waals surface area contributed by atoms with Crippen molar-refractivity contribution in [2.24, 2.45) is 5.41 Å². The molecule has 2 unspecified atom stereocenters. The monoisotopic (exact) mass is 351 g/mol. The maximum atomic E-state index is 6.04. The van der Waals surface area contributed by atoms with Gasteiger partial charge in [0.1, 0.15) is 0 Å². The van der Waals surface area contributed by atoms with E-state index in [1.807, 2.05) is 0 Å². The molecule has 2 fully saturated rings. The third kappa shape index (κ3) is 2.87. The van der Waals surface area contributed by atoms with Crippen LogP contribution in [0, 0.1) is 12.3 Å². The molecule has 1 aromatic carbocycles. The minimum atomic E-state index is 0.383. The molecule has 0 radical (unpaired) electrons. The van der Waals surface area contributed by atoms with Crippen molar-refractivity contribution in [1.82, 2.24) is 0 Å². The first kappa shape index (κ1) is 15.4. The summed E-state index contributed by atoms with van der Waals surface area (Å²) in [5.74, 6) is 0. The Balaban J connectivity index is 1.75. The van der Waals surface area contributed by atoms with Crippen LogP contribution in [0.25, 0.3) is 0 Å². The van der Waals surface area contributed by atoms with E-state index >= 15 is 0 Å². The Bertz CT molecular complexity index is 496. The highest BCUT2D eigenvalue weighted by Crippen LogP contribution is 2.54. The topological polar surface area (TPSA) is 21.3 Å². The third-order valence-electron chi connectivity index (χ3n) is 5.46. The highest BCUT2D eigenvalue weighted by Gasteiger charge is 2.55. The number of benzene rings is 1. The number of anilines is 1. The molecule has 1 aromatic rings. The number of aryl methyl sites for hydroxylation is 1. The van der Waals surface area contributed by atoms with Crippen LogP contribution in [0.3, 0.4) is 0 Å². The summed E-state index contributed by atoms with van der Waals surface area (Å²) < 4.78 is 7.19. The quantitative estimate of drug-likeness (QED) is 0.794. The van der Waals surface area contributed by atoms with E-state index in [2.05, 4.69) is 53.3 Å². The standard InChI is InChI=1S/C18H26BrNO/c1-3-21-17-12-16(18(17)9-5-4-6-10-18)20-15-8-7-14(19)11-13(15)2/h7-8,11,16-17,20H,3-6,9-10,12H2,1-2H3. The lowest BCUT2D eigenvalue weighted by molar-refractivity contribution is -0.134. The van der Waals surface area contributed by atoms with Crippen molar-refractivity contribution in [3.05, 3.63) is 28.2 Å². The van der Waals surface area contributed by atoms with E-state index in [9.17, 15) is 0 Å². The highest BCUT2D eigenvalue weighted by atomic mass is 79.9. The van der Waals surface area contributed by atoms with E-state index in [-0.39, 0.29) is 0 Å². The average molecular weight is 352 g/mol. The van der Waals surface area contributed by atoms with Gasteiger partial charge in [0.25, 0.3) is 0 Å². The zero-order chi connectivity index (χ0) is 14.9. The van der Waals surface area contributed by atoms with Gasteiger partial charge in [-0.25, -0.2) is 0 Å². The van der Waals surface area contributed by atoms with Gasteiger partial charge in [0.05, 0.1) is 6.10 Å². The van der Waals surface area contributed by atoms with Crippen LogP contribution in [0.5, 0.6) is 0 Å². The zero-order valence-corrected chi connectivity index (χ0v) is 14.7. The molecule has 3 rings (SSSR count). The Hall–Kier alpha value is -0.540. The van der Waals surface area contributed by atoms with Crippen molar-refractivity contribution >= 4 is 21.6 Å². The van der Waals surface area contributed by atoms with Crippen molar-refractivity contribution in [2.45, 2.75) is 64.5 Å². The molecule has 0 bridgehead atoms. The minimum absolute atomic E-state index is 0.383. The molecule has 3 heteroatoms. The fourth-order valence-electron chi connectivity index (χ4n) is 4.24. The van der Waals surface area contributed by atoms with Gasteiger partial charge >= 0.3 is 0 Å². The number of halogens is 1. The maximum absolute atomic E-state index is 6.04. The van der Waals surface area contributed by atoms with Gasteiger partial charge < -0.3 is 10.1 Å². The first-order valence-corrected chi connectivity index (χ1v) is 9.09. The lowest BCUT2D eigenvalue weighted by Crippen LogP contribution is -2.62. The van der Waals surface area contributed by atoms with Crippen LogP contribution >= 0.6 is 15.9 Å². The molecule has 21 heavy (non-hydrogen) atoms. The Morgan fingerprint density at radius 2 is 2.05 bits per heavy atom. The lowest BCUT2D eigenvalue weighted by Gasteiger charge is -2.58. The SMILES string of the molecule is CCOC1CC(Nc2ccc(Br)cc2C)C12CCCCC2. The number of rotatable bonds is 4. The first-order chi connectivity index (χ1) is 10.2. The van der Waals surface area contributed by atoms with E-state index < -0.39 is 0 Å². The molecule has 0 aromatic heterocycles. The first-order valence-electron chi connectivity index (χ1n) is 8.30. The van der Waals surface area contributed by atoms with Gasteiger partial charge in [-0.3, -0.25) is 0 Å². The smallest absolute Gasteiger partial charge is 0.0670 e. The molecule has 2 atom stereocenters. The third-order valence-corrected chi connectivity index (χ3v) is 5.95. The van der Waals surface area contributed by atoms with Gasteiger partial charge in [-0.2, -0.15) is 0 Å². The fraction of sp³-hybridized carbons (Fsp3) is 0.667. The number of hydrogen-bond donors (Lipinski definition) is 1. The van der Waals surface area contributed by atoms with Crippen LogP contribution in [-0.2, 0) is 4.74 Å². The molecule has 2 saturated carbocycles. The molecular formula is C18H26BrNO. The Labute approximate surface area is 136 Å². The highest BCUT2D eigenvalue weighted by molar-refractivity contribution is 9.10. The number of hydrogen-bond acceptors (Lipinski definition) is 2. The second-order valence-corrected chi connectivity index (χ2v) is 7.55. The second kappa shape index (κ2) is 6.29. The lowest BCUT2D eigenvalue weighted by atomic mass is 9.55. The predicted octanol–water partition coefficient (Wildman–Crippen LogP) is 5.30. The van der Waals surface area contributed by atoms with Gasteiger partial charge in [0, 0.05) is 28.2 Å². The van der Waals surface area contributed by atoms with Crippen LogP contribution in [0.4, 0.5) is 5.69 Å². The van der Waals surface area contributed by atoms with E-state index in [1.54, 1.807) is 0 Å². The molecule has 116 valence electrons. The summed E-state index contributed by atoms with van der Waals surface area (Å²) in [6.45, 7) is 5.14. The molecule has 2 aliphatic rings. The van der Waals surface area contributed by atoms with Crippen LogP contribution < -0.4 is 5.32 Å². The van der Waals surface area contributed by atoms with Crippen molar-refractivity contribution in [3.8, 4) is 0 Å². The van der Waals surface area contributed by atoms with Gasteiger partial charge in [-0.15, -0.1) is 0 Å². The normalized spacial score (nSPS) is 27.4. The summed E-state index contributed by atoms with van der Waals surface area (Å²) in [5, 5.41) is 3.82. The molecule has 2 aliphatic carbocycles. The zero-order valence-electron chi connectivity index (χ0n) is 13.1. The summed E-state index contributed by atoms with van der Waals surface area (Å²) in [5.41, 5.74) is 2.98. The van der Waals surface area contributed by atoms with Crippen molar-refractivity contribution in [3.63, 3.8) is 0 Å². The molecule has 2 nitrogen and oxygen atoms in total. The number of ether oxygens (including phenoxy) is 1. The Morgan fingerprint density at radius 3 is 2.71 bits per heavy atom. The van der Waals surface area contributed by atoms with Crippen molar-refractivity contribution in [1.29, 1.82) is 0 Å². The largest absolute Gasteiger partial charge is 0.381 e. The fourth-order valence-corrected chi connectivity index (χ4v) is 4.72. The van der Waals surface area contributed by atoms with E-state index in [0.717, 1.165) is 17.5 Å². The van der Waals surface area contributed by atoms with Crippen LogP contribution in [0.2, 0.25) is 0 Å². The van der Waals surface area contributed by atoms with E-state index in [0.29, 0.717) is 17.6 Å². The molecule has 0 heterocycles. The summed E-state index contributed by atoms with van der Waals surface area (Å²) >= 11 is 3.55. The minimum Gasteiger partial charge on any atom is -0.381 e. The van der Waals surface area contributed by atoms with Gasteiger partial charge in [-0.1, -0.05) is 35.2 Å². The Kier molecular flexibility index (Phi) is 4.60. The number of nitrogens with one attached hydrogen (secondary N) is 1. The molecule has 0 amide bonds. The van der Waals surface area contributed by atoms with Crippen LogP contribution in [-0.4, -0.2) is 18.8 Å². The summed E-state index contributed by atoms with van der Waals surface area (Å²) in [7, 11) is 0. The van der Waals surface area contributed by atoms with Crippen LogP contribution in [0.1, 0.15) is 51.0 Å². The predicted molar refractivity (Wildman–Crippen MR) is 91.8 cm³/mol. The maximum Gasteiger partial charge on any atom is 0.0670 e. The van der Waals surface area contributed by atoms with Crippen LogP contribution in [0.15, 0.2) is 22.7 Å². The van der Waals surface area contributed by atoms with E-state index in [4.69, 9.17) is 4.74 Å². The van der Waals surface area contributed by atoms with Crippen molar-refractivity contribution < 1.29 is 4.74 Å². The van der Waals surface area contributed by atoms with Gasteiger partial charge in [0.15, 0.2) is 0 Å². The molecule has 1 spiro atoms. The summed E-state index contributed by atoms with van der Waals surface area (Å²) in [6.07, 6.45) is 8.39. The summed E-state index contributed by atoms with van der Waals surface area (Å²) in [4.78, 5) is 0. The summed E-state index contributed by atoms with van der Waals surface area (Å²) in [6, 6.07) is 7.09. The molecular weight excluding hydrogens is 326 g/mol. The molecule has 1 N–H and O–H groups in total. The van der Waals surface area contributed by atoms with Crippen molar-refractivity contribution in [2.75, 3.05) is 11.9 Å². The van der Waals surface area contributed by atoms with Gasteiger partial charge in [0.2, 0.25) is 0 Å². The Morgan fingerprint density at radius 1 is 1.29 bits per heavy atom. The van der Waals surface area contributed by atoms with E-state index in [1.165, 1.54) is 43.4 Å².